The molecule has 0 amide bonds. The second-order valence-electron chi connectivity index (χ2n) is 3.29. The Kier molecular flexibility index (Phi) is 3.84. The van der Waals surface area contributed by atoms with Gasteiger partial charge in [0.1, 0.15) is 0 Å². The number of hydrogen-bond acceptors (Lipinski definition) is 5. The van der Waals surface area contributed by atoms with E-state index < -0.39 is 18.6 Å². The Morgan fingerprint density at radius 1 is 1.53 bits per heavy atom. The fourth-order valence-corrected chi connectivity index (χ4v) is 0.935. The number of carbonyl (C=O) groups is 1. The summed E-state index contributed by atoms with van der Waals surface area (Å²) in [6, 6.07) is 0. The van der Waals surface area contributed by atoms with Gasteiger partial charge in [-0.1, -0.05) is 5.16 Å². The van der Waals surface area contributed by atoms with E-state index in [2.05, 4.69) is 14.7 Å². The van der Waals surface area contributed by atoms with Gasteiger partial charge in [-0.05, 0) is 14.1 Å². The Labute approximate surface area is 85.1 Å². The molecule has 0 aliphatic rings. The first-order valence-electron chi connectivity index (χ1n) is 4.26. The van der Waals surface area contributed by atoms with Crippen LogP contribution in [0.5, 0.6) is 0 Å². The Bertz CT molecular complexity index is 338. The first kappa shape index (κ1) is 11.7. The smallest absolute Gasteiger partial charge is 0.296 e. The number of nitrogens with zero attached hydrogens (tertiary/aromatic N) is 3. The molecular formula is C8H11F2N3O2. The first-order valence-corrected chi connectivity index (χ1v) is 4.26. The Balaban J connectivity index is 2.56. The SMILES string of the molecule is CN(C)Cc1noc(CC(=O)C(F)F)n1. The molecule has 0 N–H and O–H groups in total. The van der Waals surface area contributed by atoms with E-state index in [1.54, 1.807) is 19.0 Å². The molecule has 84 valence electrons. The molecule has 0 saturated heterocycles. The van der Waals surface area contributed by atoms with Crippen LogP contribution in [0, 0.1) is 0 Å². The van der Waals surface area contributed by atoms with Gasteiger partial charge in [-0.25, -0.2) is 8.78 Å². The third kappa shape index (κ3) is 3.70. The molecular weight excluding hydrogens is 208 g/mol. The zero-order valence-electron chi connectivity index (χ0n) is 8.41. The van der Waals surface area contributed by atoms with Crippen LogP contribution in [0.4, 0.5) is 8.78 Å². The molecule has 0 aliphatic carbocycles. The van der Waals surface area contributed by atoms with Crippen molar-refractivity contribution in [2.24, 2.45) is 0 Å². The lowest BCUT2D eigenvalue weighted by Crippen LogP contribution is -2.14. The molecule has 5 nitrogen and oxygen atoms in total. The van der Waals surface area contributed by atoms with E-state index in [4.69, 9.17) is 0 Å². The van der Waals surface area contributed by atoms with Crippen molar-refractivity contribution in [1.82, 2.24) is 15.0 Å². The van der Waals surface area contributed by atoms with E-state index in [0.29, 0.717) is 12.4 Å². The fraction of sp³-hybridized carbons (Fsp3) is 0.625. The van der Waals surface area contributed by atoms with Crippen molar-refractivity contribution in [1.29, 1.82) is 0 Å². The van der Waals surface area contributed by atoms with Crippen LogP contribution in [-0.4, -0.2) is 41.3 Å². The first-order chi connectivity index (χ1) is 6.99. The molecule has 0 bridgehead atoms. The standard InChI is InChI=1S/C8H11F2N3O2/c1-13(2)4-6-11-7(15-12-6)3-5(14)8(9)10/h8H,3-4H2,1-2H3. The van der Waals surface area contributed by atoms with Crippen molar-refractivity contribution in [2.45, 2.75) is 19.4 Å². The maximum atomic E-state index is 11.9. The van der Waals surface area contributed by atoms with Crippen LogP contribution in [0.3, 0.4) is 0 Å². The Hall–Kier alpha value is -1.37. The van der Waals surface area contributed by atoms with Gasteiger partial charge in [-0.15, -0.1) is 0 Å². The normalized spacial score (nSPS) is 11.3. The minimum Gasteiger partial charge on any atom is -0.339 e. The number of Topliss-reactive ketones (excluding diaryl/α,β-unsaturated/α-hetero) is 1. The van der Waals surface area contributed by atoms with Gasteiger partial charge in [-0.2, -0.15) is 4.98 Å². The van der Waals surface area contributed by atoms with Crippen LogP contribution in [0.25, 0.3) is 0 Å². The summed E-state index contributed by atoms with van der Waals surface area (Å²) in [6.45, 7) is 0.437. The van der Waals surface area contributed by atoms with Gasteiger partial charge in [0.15, 0.2) is 5.82 Å². The quantitative estimate of drug-likeness (QED) is 0.722. The predicted octanol–water partition coefficient (Wildman–Crippen LogP) is 0.508. The predicted molar refractivity (Wildman–Crippen MR) is 46.4 cm³/mol. The monoisotopic (exact) mass is 219 g/mol. The molecule has 0 fully saturated rings. The van der Waals surface area contributed by atoms with Crippen LogP contribution >= 0.6 is 0 Å². The van der Waals surface area contributed by atoms with Crippen LogP contribution < -0.4 is 0 Å². The highest BCUT2D eigenvalue weighted by atomic mass is 19.3. The molecule has 0 saturated carbocycles. The summed E-state index contributed by atoms with van der Waals surface area (Å²) >= 11 is 0. The number of ketones is 1. The van der Waals surface area contributed by atoms with Crippen molar-refractivity contribution < 1.29 is 18.1 Å². The van der Waals surface area contributed by atoms with E-state index in [1.807, 2.05) is 0 Å². The molecule has 0 radical (unpaired) electrons. The van der Waals surface area contributed by atoms with Gasteiger partial charge in [-0.3, -0.25) is 4.79 Å². The lowest BCUT2D eigenvalue weighted by Gasteiger charge is -2.03. The topological polar surface area (TPSA) is 59.2 Å². The fourth-order valence-electron chi connectivity index (χ4n) is 0.935. The molecule has 0 spiro atoms. The van der Waals surface area contributed by atoms with Crippen molar-refractivity contribution in [2.75, 3.05) is 14.1 Å². The van der Waals surface area contributed by atoms with Crippen molar-refractivity contribution >= 4 is 5.78 Å². The van der Waals surface area contributed by atoms with Crippen LogP contribution in [-0.2, 0) is 17.8 Å². The molecule has 7 heteroatoms. The molecule has 1 rings (SSSR count). The highest BCUT2D eigenvalue weighted by Gasteiger charge is 2.19. The minimum absolute atomic E-state index is 0.0721. The van der Waals surface area contributed by atoms with Crippen LogP contribution in [0.1, 0.15) is 11.7 Å². The molecule has 0 aromatic carbocycles. The van der Waals surface area contributed by atoms with Crippen LogP contribution in [0.15, 0.2) is 4.52 Å². The molecule has 0 unspecified atom stereocenters. The van der Waals surface area contributed by atoms with Crippen molar-refractivity contribution in [3.05, 3.63) is 11.7 Å². The maximum Gasteiger partial charge on any atom is 0.296 e. The summed E-state index contributed by atoms with van der Waals surface area (Å²) < 4.78 is 28.4. The average Bonchev–Trinajstić information content (AvgIpc) is 2.51. The van der Waals surface area contributed by atoms with Gasteiger partial charge in [0.25, 0.3) is 6.43 Å². The minimum atomic E-state index is -2.99. The summed E-state index contributed by atoms with van der Waals surface area (Å²) in [7, 11) is 3.61. The number of carbonyl (C=O) groups excluding carboxylic acids is 1. The maximum absolute atomic E-state index is 11.9. The summed E-state index contributed by atoms with van der Waals surface area (Å²) in [4.78, 5) is 16.2. The second-order valence-corrected chi connectivity index (χ2v) is 3.29. The Morgan fingerprint density at radius 2 is 2.20 bits per heavy atom. The van der Waals surface area contributed by atoms with Crippen molar-refractivity contribution in [3.63, 3.8) is 0 Å². The van der Waals surface area contributed by atoms with Gasteiger partial charge in [0, 0.05) is 0 Å². The highest BCUT2D eigenvalue weighted by Crippen LogP contribution is 2.04. The number of halogens is 2. The lowest BCUT2D eigenvalue weighted by molar-refractivity contribution is -0.129. The molecule has 1 aromatic rings. The third-order valence-corrected chi connectivity index (χ3v) is 1.54. The van der Waals surface area contributed by atoms with Gasteiger partial charge >= 0.3 is 0 Å². The highest BCUT2D eigenvalue weighted by molar-refractivity contribution is 5.82. The number of aromatic nitrogens is 2. The zero-order valence-corrected chi connectivity index (χ0v) is 8.41. The molecule has 1 aromatic heterocycles. The lowest BCUT2D eigenvalue weighted by atomic mass is 10.3. The second kappa shape index (κ2) is 4.92. The number of hydrogen-bond donors (Lipinski definition) is 0. The number of rotatable bonds is 5. The molecule has 1 heterocycles. The van der Waals surface area contributed by atoms with E-state index >= 15 is 0 Å². The molecule has 0 aliphatic heterocycles. The van der Waals surface area contributed by atoms with Gasteiger partial charge in [0.2, 0.25) is 11.7 Å². The Morgan fingerprint density at radius 3 is 2.73 bits per heavy atom. The zero-order chi connectivity index (χ0) is 11.4. The molecule has 0 atom stereocenters. The van der Waals surface area contributed by atoms with E-state index in [-0.39, 0.29) is 5.89 Å². The summed E-state index contributed by atoms with van der Waals surface area (Å²) in [6.07, 6.45) is -3.51. The van der Waals surface area contributed by atoms with Gasteiger partial charge in [0.05, 0.1) is 13.0 Å². The summed E-state index contributed by atoms with van der Waals surface area (Å²) in [5, 5.41) is 3.54. The largest absolute Gasteiger partial charge is 0.339 e. The van der Waals surface area contributed by atoms with E-state index in [9.17, 15) is 13.6 Å². The third-order valence-electron chi connectivity index (χ3n) is 1.54. The van der Waals surface area contributed by atoms with Crippen molar-refractivity contribution in [3.8, 4) is 0 Å². The van der Waals surface area contributed by atoms with Crippen LogP contribution in [0.2, 0.25) is 0 Å². The van der Waals surface area contributed by atoms with E-state index in [1.165, 1.54) is 0 Å². The molecule has 15 heavy (non-hydrogen) atoms. The summed E-state index contributed by atoms with van der Waals surface area (Å²) in [5.41, 5.74) is 0. The van der Waals surface area contributed by atoms with E-state index in [0.717, 1.165) is 0 Å². The van der Waals surface area contributed by atoms with Gasteiger partial charge < -0.3 is 9.42 Å². The average molecular weight is 219 g/mol. The number of alkyl halides is 2. The summed E-state index contributed by atoms with van der Waals surface area (Å²) in [5.74, 6) is -0.913.